The zero-order valence-electron chi connectivity index (χ0n) is 37.4. The van der Waals surface area contributed by atoms with Crippen molar-refractivity contribution in [1.29, 1.82) is 0 Å². The smallest absolute Gasteiger partial charge is 0.185 e. The van der Waals surface area contributed by atoms with Crippen molar-refractivity contribution >= 4 is 31.4 Å². The molecule has 2 aromatic carbocycles. The van der Waals surface area contributed by atoms with Crippen LogP contribution in [0.15, 0.2) is 188 Å². The van der Waals surface area contributed by atoms with Gasteiger partial charge in [-0.25, -0.2) is 16.8 Å². The molecule has 2 aromatic rings. The Kier molecular flexibility index (Phi) is 23.5. The lowest BCUT2D eigenvalue weighted by Gasteiger charge is -2.16. The van der Waals surface area contributed by atoms with Crippen molar-refractivity contribution in [3.05, 3.63) is 178 Å². The molecule has 0 aliphatic heterocycles. The number of thioether (sulfide) groups is 1. The Morgan fingerprint density at radius 2 is 0.864 bits per heavy atom. The van der Waals surface area contributed by atoms with Gasteiger partial charge in [0.1, 0.15) is 0 Å². The van der Waals surface area contributed by atoms with Crippen LogP contribution < -0.4 is 0 Å². The van der Waals surface area contributed by atoms with Crippen molar-refractivity contribution < 1.29 is 16.8 Å². The summed E-state index contributed by atoms with van der Waals surface area (Å²) in [5, 5.41) is -1.41. The largest absolute Gasteiger partial charge is 0.223 e. The summed E-state index contributed by atoms with van der Waals surface area (Å²) in [6, 6.07) is 17.4. The summed E-state index contributed by atoms with van der Waals surface area (Å²) in [6.07, 6.45) is 29.4. The van der Waals surface area contributed by atoms with E-state index in [9.17, 15) is 16.8 Å². The van der Waals surface area contributed by atoms with Gasteiger partial charge in [-0.05, 0) is 132 Å². The summed E-state index contributed by atoms with van der Waals surface area (Å²) in [5.41, 5.74) is 9.00. The fraction of sp³-hybridized carbons (Fsp3) is 0.385. The minimum Gasteiger partial charge on any atom is -0.223 e. The van der Waals surface area contributed by atoms with E-state index in [4.69, 9.17) is 0 Å². The second kappa shape index (κ2) is 27.0. The monoisotopic (exact) mass is 854 g/mol. The second-order valence-electron chi connectivity index (χ2n) is 16.0. The maximum atomic E-state index is 13.9. The highest BCUT2D eigenvalue weighted by atomic mass is 32.2. The van der Waals surface area contributed by atoms with Crippen molar-refractivity contribution in [1.82, 2.24) is 0 Å². The molecular formula is C52H70O4S3. The van der Waals surface area contributed by atoms with Crippen LogP contribution in [0.25, 0.3) is 0 Å². The van der Waals surface area contributed by atoms with Crippen molar-refractivity contribution in [3.63, 3.8) is 0 Å². The van der Waals surface area contributed by atoms with Crippen molar-refractivity contribution in [2.24, 2.45) is 0 Å². The van der Waals surface area contributed by atoms with Crippen LogP contribution in [0.4, 0.5) is 0 Å². The predicted molar refractivity (Wildman–Crippen MR) is 260 cm³/mol. The summed E-state index contributed by atoms with van der Waals surface area (Å²) in [4.78, 5) is 0.643. The normalized spacial score (nSPS) is 15.2. The molecular weight excluding hydrogens is 785 g/mol. The van der Waals surface area contributed by atoms with E-state index >= 15 is 0 Å². The van der Waals surface area contributed by atoms with Gasteiger partial charge in [-0.15, -0.1) is 0 Å². The Labute approximate surface area is 364 Å². The lowest BCUT2D eigenvalue weighted by atomic mass is 10.1. The van der Waals surface area contributed by atoms with E-state index in [-0.39, 0.29) is 0 Å². The molecule has 0 radical (unpaired) electrons. The average Bonchev–Trinajstić information content (AvgIpc) is 3.17. The van der Waals surface area contributed by atoms with E-state index in [0.717, 1.165) is 48.0 Å². The molecule has 0 heterocycles. The Morgan fingerprint density at radius 3 is 1.20 bits per heavy atom. The van der Waals surface area contributed by atoms with Crippen LogP contribution in [0.3, 0.4) is 0 Å². The molecule has 59 heavy (non-hydrogen) atoms. The van der Waals surface area contributed by atoms with Gasteiger partial charge < -0.3 is 0 Å². The van der Waals surface area contributed by atoms with E-state index in [1.165, 1.54) is 22.3 Å². The predicted octanol–water partition coefficient (Wildman–Crippen LogP) is 14.5. The van der Waals surface area contributed by atoms with Crippen molar-refractivity contribution in [2.45, 2.75) is 128 Å². The number of rotatable bonds is 24. The van der Waals surface area contributed by atoms with Gasteiger partial charge in [-0.2, -0.15) is 11.8 Å². The summed E-state index contributed by atoms with van der Waals surface area (Å²) < 4.78 is 55.5. The summed E-state index contributed by atoms with van der Waals surface area (Å²) in [6.45, 7) is 20.6. The third-order valence-electron chi connectivity index (χ3n) is 9.65. The van der Waals surface area contributed by atoms with E-state index in [2.05, 4.69) is 78.0 Å². The molecule has 2 rings (SSSR count). The molecule has 7 heteroatoms. The first-order valence-electron chi connectivity index (χ1n) is 20.7. The Morgan fingerprint density at radius 1 is 0.508 bits per heavy atom. The van der Waals surface area contributed by atoms with Crippen LogP contribution in [-0.4, -0.2) is 38.8 Å². The zero-order chi connectivity index (χ0) is 43.8. The zero-order valence-corrected chi connectivity index (χ0v) is 39.8. The highest BCUT2D eigenvalue weighted by Crippen LogP contribution is 2.26. The number of allylic oxidation sites excluding steroid dienone is 16. The minimum atomic E-state index is -3.62. The lowest BCUT2D eigenvalue weighted by molar-refractivity contribution is 0.585. The molecule has 0 aliphatic rings. The molecule has 0 N–H and O–H groups in total. The molecule has 0 saturated carbocycles. The van der Waals surface area contributed by atoms with Crippen LogP contribution in [-0.2, 0) is 19.7 Å². The minimum absolute atomic E-state index is 0.321. The highest BCUT2D eigenvalue weighted by molar-refractivity contribution is 7.99. The van der Waals surface area contributed by atoms with Crippen LogP contribution in [0.1, 0.15) is 108 Å². The SMILES string of the molecule is CC(C)=CCCC(C)=CC=CC(C)=CC(CC(C)=CCSCC=C(C)CC(C=C(C)C=CC=C(C)CCC=C(C)C)S(=O)(=O)c1ccccc1)S(=O)(=O)c1ccccc1. The lowest BCUT2D eigenvalue weighted by Crippen LogP contribution is -2.20. The molecule has 2 atom stereocenters. The van der Waals surface area contributed by atoms with Crippen molar-refractivity contribution in [2.75, 3.05) is 11.5 Å². The first-order chi connectivity index (χ1) is 27.9. The van der Waals surface area contributed by atoms with E-state index in [1.807, 2.05) is 76.3 Å². The highest BCUT2D eigenvalue weighted by Gasteiger charge is 2.27. The van der Waals surface area contributed by atoms with Gasteiger partial charge in [-0.3, -0.25) is 0 Å². The number of benzene rings is 2. The molecule has 0 fully saturated rings. The molecule has 2 unspecified atom stereocenters. The molecule has 0 saturated heterocycles. The Bertz CT molecular complexity index is 1990. The fourth-order valence-corrected chi connectivity index (χ4v) is 10.6. The van der Waals surface area contributed by atoms with Gasteiger partial charge in [0.05, 0.1) is 20.3 Å². The molecule has 0 amide bonds. The number of hydrogen-bond donors (Lipinski definition) is 0. The topological polar surface area (TPSA) is 68.3 Å². The quantitative estimate of drug-likeness (QED) is 0.0598. The Balaban J connectivity index is 2.19. The standard InChI is InChI=1S/C52H70O4S3/c1-41(2)21-17-23-43(5)25-19-27-45(7)37-51(58(53,54)49-29-13-11-14-30-49)39-47(9)33-35-57-36-34-48(10)40-52(59(55,56)50-31-15-12-16-32-50)38-46(8)28-20-26-44(6)24-18-22-42(3)4/h11-16,19-22,25-34,37-38,51-52H,17-18,23-24,35-36,39-40H2,1-10H3. The van der Waals surface area contributed by atoms with E-state index in [0.29, 0.717) is 34.1 Å². The molecule has 320 valence electrons. The fourth-order valence-electron chi connectivity index (χ4n) is 6.13. The number of hydrogen-bond acceptors (Lipinski definition) is 5. The van der Waals surface area contributed by atoms with Crippen LogP contribution >= 0.6 is 11.8 Å². The maximum Gasteiger partial charge on any atom is 0.185 e. The van der Waals surface area contributed by atoms with E-state index in [1.54, 1.807) is 60.3 Å². The van der Waals surface area contributed by atoms with Crippen LogP contribution in [0, 0.1) is 0 Å². The summed E-state index contributed by atoms with van der Waals surface area (Å²) in [7, 11) is -7.24. The third kappa shape index (κ3) is 20.8. The third-order valence-corrected chi connectivity index (χ3v) is 14.5. The van der Waals surface area contributed by atoms with Gasteiger partial charge in [0.25, 0.3) is 0 Å². The molecule has 0 bridgehead atoms. The first-order valence-corrected chi connectivity index (χ1v) is 24.9. The summed E-state index contributed by atoms with van der Waals surface area (Å²) >= 11 is 1.72. The summed E-state index contributed by atoms with van der Waals surface area (Å²) in [5.74, 6) is 1.42. The van der Waals surface area contributed by atoms with Gasteiger partial charge in [0, 0.05) is 11.5 Å². The van der Waals surface area contributed by atoms with E-state index < -0.39 is 30.2 Å². The van der Waals surface area contributed by atoms with Gasteiger partial charge in [0.15, 0.2) is 19.7 Å². The van der Waals surface area contributed by atoms with Crippen LogP contribution in [0.2, 0.25) is 0 Å². The second-order valence-corrected chi connectivity index (χ2v) is 21.5. The van der Waals surface area contributed by atoms with Gasteiger partial charge in [-0.1, -0.05) is 154 Å². The maximum absolute atomic E-state index is 13.9. The Hall–Kier alpha value is -3.91. The molecule has 0 spiro atoms. The van der Waals surface area contributed by atoms with Crippen LogP contribution in [0.5, 0.6) is 0 Å². The molecule has 4 nitrogen and oxygen atoms in total. The average molecular weight is 855 g/mol. The molecule has 0 aliphatic carbocycles. The first kappa shape index (κ1) is 51.2. The van der Waals surface area contributed by atoms with Gasteiger partial charge >= 0.3 is 0 Å². The molecule has 0 aromatic heterocycles. The van der Waals surface area contributed by atoms with Gasteiger partial charge in [0.2, 0.25) is 0 Å². The number of sulfone groups is 2. The van der Waals surface area contributed by atoms with Crippen molar-refractivity contribution in [3.8, 4) is 0 Å².